The van der Waals surface area contributed by atoms with Gasteiger partial charge in [-0.15, -0.1) is 5.10 Å². The summed E-state index contributed by atoms with van der Waals surface area (Å²) in [5.41, 5.74) is 5.36. The summed E-state index contributed by atoms with van der Waals surface area (Å²) in [6.45, 7) is 0. The van der Waals surface area contributed by atoms with Crippen molar-refractivity contribution < 1.29 is 9.53 Å². The Morgan fingerprint density at radius 2 is 2.45 bits per heavy atom. The van der Waals surface area contributed by atoms with Crippen LogP contribution in [0.1, 0.15) is 10.5 Å². The third-order valence-electron chi connectivity index (χ3n) is 1.32. The van der Waals surface area contributed by atoms with Crippen LogP contribution in [0.15, 0.2) is 6.07 Å². The van der Waals surface area contributed by atoms with Gasteiger partial charge < -0.3 is 10.5 Å². The summed E-state index contributed by atoms with van der Waals surface area (Å²) in [6, 6.07) is 1.49. The molecule has 11 heavy (non-hydrogen) atoms. The number of hydrogen-bond acceptors (Lipinski definition) is 3. The van der Waals surface area contributed by atoms with Gasteiger partial charge in [0.05, 0.1) is 7.11 Å². The van der Waals surface area contributed by atoms with Crippen LogP contribution in [0.2, 0.25) is 0 Å². The molecule has 1 heterocycles. The minimum atomic E-state index is -0.511. The maximum Gasteiger partial charge on any atom is 0.267 e. The second-order valence-electron chi connectivity index (χ2n) is 2.06. The van der Waals surface area contributed by atoms with E-state index in [1.54, 1.807) is 7.05 Å². The van der Waals surface area contributed by atoms with Crippen LogP contribution < -0.4 is 10.5 Å². The van der Waals surface area contributed by atoms with E-state index in [1.165, 1.54) is 17.9 Å². The van der Waals surface area contributed by atoms with Crippen molar-refractivity contribution in [2.45, 2.75) is 0 Å². The second kappa shape index (κ2) is 2.61. The van der Waals surface area contributed by atoms with Crippen molar-refractivity contribution in [3.05, 3.63) is 11.8 Å². The van der Waals surface area contributed by atoms with Gasteiger partial charge in [-0.1, -0.05) is 0 Å². The molecule has 1 amide bonds. The summed E-state index contributed by atoms with van der Waals surface area (Å²) in [4.78, 5) is 10.7. The molecule has 5 nitrogen and oxygen atoms in total. The number of aryl methyl sites for hydroxylation is 1. The summed E-state index contributed by atoms with van der Waals surface area (Å²) in [5, 5.41) is 3.84. The predicted molar refractivity (Wildman–Crippen MR) is 38.3 cm³/mol. The van der Waals surface area contributed by atoms with Gasteiger partial charge in [0.25, 0.3) is 5.91 Å². The van der Waals surface area contributed by atoms with E-state index in [4.69, 9.17) is 10.5 Å². The molecule has 0 atom stereocenters. The summed E-state index contributed by atoms with van der Waals surface area (Å²) in [6.07, 6.45) is 0. The first-order valence-corrected chi connectivity index (χ1v) is 3.03. The molecule has 0 fully saturated rings. The fourth-order valence-corrected chi connectivity index (χ4v) is 0.771. The standard InChI is InChI=1S/C6H9N3O2/c1-9-4(6(7)10)3-5(8-9)11-2/h3H,1-2H3,(H2,7,10). The summed E-state index contributed by atoms with van der Waals surface area (Å²) in [5.74, 6) is -0.121. The van der Waals surface area contributed by atoms with E-state index in [1.807, 2.05) is 0 Å². The number of amides is 1. The number of rotatable bonds is 2. The molecule has 0 saturated carbocycles. The molecule has 0 aliphatic heterocycles. The maximum atomic E-state index is 10.7. The lowest BCUT2D eigenvalue weighted by atomic mass is 10.4. The van der Waals surface area contributed by atoms with E-state index in [0.717, 1.165) is 0 Å². The van der Waals surface area contributed by atoms with Gasteiger partial charge in [0.2, 0.25) is 5.88 Å². The predicted octanol–water partition coefficient (Wildman–Crippen LogP) is -0.472. The Balaban J connectivity index is 3.07. The highest BCUT2D eigenvalue weighted by molar-refractivity contribution is 5.91. The number of ether oxygens (including phenoxy) is 1. The highest BCUT2D eigenvalue weighted by atomic mass is 16.5. The van der Waals surface area contributed by atoms with Crippen molar-refractivity contribution >= 4 is 5.91 Å². The van der Waals surface area contributed by atoms with Crippen molar-refractivity contribution in [1.82, 2.24) is 9.78 Å². The van der Waals surface area contributed by atoms with Crippen molar-refractivity contribution in [3.8, 4) is 5.88 Å². The largest absolute Gasteiger partial charge is 0.480 e. The quantitative estimate of drug-likeness (QED) is 0.627. The molecule has 0 unspecified atom stereocenters. The Morgan fingerprint density at radius 1 is 1.82 bits per heavy atom. The molecule has 0 bridgehead atoms. The van der Waals surface area contributed by atoms with E-state index < -0.39 is 5.91 Å². The van der Waals surface area contributed by atoms with Crippen LogP contribution in [-0.2, 0) is 7.05 Å². The van der Waals surface area contributed by atoms with Gasteiger partial charge >= 0.3 is 0 Å². The summed E-state index contributed by atoms with van der Waals surface area (Å²) in [7, 11) is 3.11. The van der Waals surface area contributed by atoms with Gasteiger partial charge in [-0.3, -0.25) is 9.48 Å². The van der Waals surface area contributed by atoms with Gasteiger partial charge in [-0.25, -0.2) is 0 Å². The number of nitrogens with zero attached hydrogens (tertiary/aromatic N) is 2. The van der Waals surface area contributed by atoms with E-state index in [2.05, 4.69) is 5.10 Å². The third kappa shape index (κ3) is 1.31. The Kier molecular flexibility index (Phi) is 1.80. The maximum absolute atomic E-state index is 10.7. The van der Waals surface area contributed by atoms with Crippen LogP contribution >= 0.6 is 0 Å². The number of carbonyl (C=O) groups excluding carboxylic acids is 1. The molecule has 60 valence electrons. The van der Waals surface area contributed by atoms with Crippen molar-refractivity contribution in [2.24, 2.45) is 12.8 Å². The Bertz CT molecular complexity index is 279. The van der Waals surface area contributed by atoms with Crippen LogP contribution in [0.5, 0.6) is 5.88 Å². The van der Waals surface area contributed by atoms with Crippen molar-refractivity contribution in [1.29, 1.82) is 0 Å². The lowest BCUT2D eigenvalue weighted by Gasteiger charge is -1.91. The number of nitrogens with two attached hydrogens (primary N) is 1. The molecule has 5 heteroatoms. The average Bonchev–Trinajstić information content (AvgIpc) is 2.30. The lowest BCUT2D eigenvalue weighted by Crippen LogP contribution is -2.15. The van der Waals surface area contributed by atoms with Crippen molar-refractivity contribution in [2.75, 3.05) is 7.11 Å². The molecule has 1 aromatic rings. The zero-order chi connectivity index (χ0) is 8.43. The van der Waals surface area contributed by atoms with Gasteiger partial charge in [0, 0.05) is 13.1 Å². The Hall–Kier alpha value is -1.52. The van der Waals surface area contributed by atoms with Crippen LogP contribution in [0.3, 0.4) is 0 Å². The molecule has 1 rings (SSSR count). The molecule has 0 saturated heterocycles. The molecule has 2 N–H and O–H groups in total. The second-order valence-corrected chi connectivity index (χ2v) is 2.06. The van der Waals surface area contributed by atoms with Crippen molar-refractivity contribution in [3.63, 3.8) is 0 Å². The first kappa shape index (κ1) is 7.59. The molecule has 0 aromatic carbocycles. The van der Waals surface area contributed by atoms with E-state index in [0.29, 0.717) is 11.6 Å². The van der Waals surface area contributed by atoms with E-state index >= 15 is 0 Å². The van der Waals surface area contributed by atoms with Gasteiger partial charge in [0.15, 0.2) is 0 Å². The highest BCUT2D eigenvalue weighted by Gasteiger charge is 2.08. The number of primary amides is 1. The van der Waals surface area contributed by atoms with Crippen LogP contribution in [-0.4, -0.2) is 22.8 Å². The number of carbonyl (C=O) groups is 1. The number of methoxy groups -OCH3 is 1. The van der Waals surface area contributed by atoms with Gasteiger partial charge in [-0.2, -0.15) is 0 Å². The lowest BCUT2D eigenvalue weighted by molar-refractivity contribution is 0.0991. The average molecular weight is 155 g/mol. The SMILES string of the molecule is COc1cc(C(N)=O)n(C)n1. The van der Waals surface area contributed by atoms with Crippen LogP contribution in [0.25, 0.3) is 0 Å². The normalized spacial score (nSPS) is 9.64. The Labute approximate surface area is 63.7 Å². The first-order chi connectivity index (χ1) is 5.15. The fraction of sp³-hybridized carbons (Fsp3) is 0.333. The molecule has 0 aliphatic rings. The summed E-state index contributed by atoms with van der Waals surface area (Å²) >= 11 is 0. The fourth-order valence-electron chi connectivity index (χ4n) is 0.771. The number of aromatic nitrogens is 2. The molecule has 0 radical (unpaired) electrons. The van der Waals surface area contributed by atoms with Gasteiger partial charge in [-0.05, 0) is 0 Å². The smallest absolute Gasteiger partial charge is 0.267 e. The zero-order valence-electron chi connectivity index (χ0n) is 6.37. The summed E-state index contributed by atoms with van der Waals surface area (Å²) < 4.78 is 6.16. The molecular formula is C6H9N3O2. The number of hydrogen-bond donors (Lipinski definition) is 1. The van der Waals surface area contributed by atoms with E-state index in [-0.39, 0.29) is 0 Å². The molecule has 0 spiro atoms. The van der Waals surface area contributed by atoms with Gasteiger partial charge in [0.1, 0.15) is 5.69 Å². The minimum Gasteiger partial charge on any atom is -0.480 e. The van der Waals surface area contributed by atoms with Crippen LogP contribution in [0, 0.1) is 0 Å². The first-order valence-electron chi connectivity index (χ1n) is 3.03. The molecule has 1 aromatic heterocycles. The third-order valence-corrected chi connectivity index (χ3v) is 1.32. The zero-order valence-corrected chi connectivity index (χ0v) is 6.37. The molecular weight excluding hydrogens is 146 g/mol. The monoisotopic (exact) mass is 155 g/mol. The molecule has 0 aliphatic carbocycles. The minimum absolute atomic E-state index is 0.335. The Morgan fingerprint density at radius 3 is 2.73 bits per heavy atom. The highest BCUT2D eigenvalue weighted by Crippen LogP contribution is 2.08. The van der Waals surface area contributed by atoms with Crippen LogP contribution in [0.4, 0.5) is 0 Å². The van der Waals surface area contributed by atoms with E-state index in [9.17, 15) is 4.79 Å². The topological polar surface area (TPSA) is 70.1 Å².